The van der Waals surface area contributed by atoms with Crippen LogP contribution >= 0.6 is 0 Å². The monoisotopic (exact) mass is 199 g/mol. The second-order valence-electron chi connectivity index (χ2n) is 4.16. The second kappa shape index (κ2) is 5.81. The summed E-state index contributed by atoms with van der Waals surface area (Å²) in [5, 5.41) is 0. The lowest BCUT2D eigenvalue weighted by molar-refractivity contribution is 0.100. The Labute approximate surface area is 84.6 Å². The molecule has 0 aliphatic heterocycles. The molecule has 0 unspecified atom stereocenters. The average molecular weight is 199 g/mol. The van der Waals surface area contributed by atoms with Gasteiger partial charge in [0, 0.05) is 6.10 Å². The SMILES string of the molecule is CC[Si](CC)O[C@@H]1CCCC[C@@H]1C. The molecule has 0 spiro atoms. The highest BCUT2D eigenvalue weighted by Crippen LogP contribution is 2.27. The van der Waals surface area contributed by atoms with E-state index in [4.69, 9.17) is 4.43 Å². The van der Waals surface area contributed by atoms with Gasteiger partial charge in [0.1, 0.15) is 0 Å². The minimum Gasteiger partial charge on any atom is -0.413 e. The van der Waals surface area contributed by atoms with E-state index in [1.54, 1.807) is 0 Å². The molecule has 0 amide bonds. The van der Waals surface area contributed by atoms with Crippen molar-refractivity contribution >= 4 is 9.04 Å². The highest BCUT2D eigenvalue weighted by Gasteiger charge is 2.24. The van der Waals surface area contributed by atoms with Crippen LogP contribution in [0.25, 0.3) is 0 Å². The first-order chi connectivity index (χ1) is 6.27. The topological polar surface area (TPSA) is 9.23 Å². The van der Waals surface area contributed by atoms with Gasteiger partial charge < -0.3 is 4.43 Å². The van der Waals surface area contributed by atoms with Gasteiger partial charge in [-0.05, 0) is 30.8 Å². The van der Waals surface area contributed by atoms with E-state index in [2.05, 4.69) is 20.8 Å². The Kier molecular flexibility index (Phi) is 5.03. The number of hydrogen-bond acceptors (Lipinski definition) is 1. The third-order valence-electron chi connectivity index (χ3n) is 3.14. The van der Waals surface area contributed by atoms with Crippen LogP contribution in [0.4, 0.5) is 0 Å². The molecule has 2 atom stereocenters. The van der Waals surface area contributed by atoms with Crippen LogP contribution in [-0.2, 0) is 4.43 Å². The molecule has 1 radical (unpaired) electrons. The lowest BCUT2D eigenvalue weighted by Gasteiger charge is -2.31. The zero-order valence-electron chi connectivity index (χ0n) is 9.31. The lowest BCUT2D eigenvalue weighted by atomic mass is 9.88. The molecule has 1 aliphatic carbocycles. The Morgan fingerprint density at radius 1 is 1.15 bits per heavy atom. The molecular weight excluding hydrogens is 176 g/mol. The van der Waals surface area contributed by atoms with Crippen molar-refractivity contribution in [2.45, 2.75) is 64.6 Å². The predicted molar refractivity (Wildman–Crippen MR) is 59.2 cm³/mol. The van der Waals surface area contributed by atoms with Crippen LogP contribution in [0.1, 0.15) is 46.5 Å². The van der Waals surface area contributed by atoms with E-state index < -0.39 is 9.04 Å². The van der Waals surface area contributed by atoms with Crippen molar-refractivity contribution in [3.63, 3.8) is 0 Å². The van der Waals surface area contributed by atoms with Gasteiger partial charge in [-0.2, -0.15) is 0 Å². The van der Waals surface area contributed by atoms with E-state index in [1.165, 1.54) is 37.8 Å². The highest BCUT2D eigenvalue weighted by molar-refractivity contribution is 6.51. The quantitative estimate of drug-likeness (QED) is 0.628. The summed E-state index contributed by atoms with van der Waals surface area (Å²) < 4.78 is 6.20. The molecule has 0 aromatic rings. The molecule has 1 aliphatic rings. The molecule has 1 rings (SSSR count). The van der Waals surface area contributed by atoms with Crippen LogP contribution in [0.3, 0.4) is 0 Å². The minimum absolute atomic E-state index is 0.455. The largest absolute Gasteiger partial charge is 0.413 e. The summed E-state index contributed by atoms with van der Waals surface area (Å²) in [7, 11) is -0.455. The summed E-state index contributed by atoms with van der Waals surface area (Å²) in [4.78, 5) is 0. The third kappa shape index (κ3) is 3.43. The minimum atomic E-state index is -0.455. The van der Waals surface area contributed by atoms with E-state index in [0.29, 0.717) is 6.10 Å². The summed E-state index contributed by atoms with van der Waals surface area (Å²) in [6, 6.07) is 2.54. The van der Waals surface area contributed by atoms with Gasteiger partial charge in [-0.25, -0.2) is 0 Å². The van der Waals surface area contributed by atoms with E-state index in [9.17, 15) is 0 Å². The van der Waals surface area contributed by atoms with Gasteiger partial charge in [-0.3, -0.25) is 0 Å². The normalized spacial score (nSPS) is 29.5. The van der Waals surface area contributed by atoms with Crippen molar-refractivity contribution in [2.24, 2.45) is 5.92 Å². The molecule has 0 saturated heterocycles. The Morgan fingerprint density at radius 3 is 2.31 bits per heavy atom. The first kappa shape index (κ1) is 11.3. The Hall–Kier alpha value is 0.177. The Morgan fingerprint density at radius 2 is 1.77 bits per heavy atom. The molecule has 77 valence electrons. The van der Waals surface area contributed by atoms with Crippen LogP contribution < -0.4 is 0 Å². The van der Waals surface area contributed by atoms with Gasteiger partial charge in [0.15, 0.2) is 0 Å². The molecule has 0 bridgehead atoms. The molecule has 1 fully saturated rings. The van der Waals surface area contributed by atoms with Crippen LogP contribution in [0, 0.1) is 5.92 Å². The molecule has 2 heteroatoms. The van der Waals surface area contributed by atoms with Crippen LogP contribution in [-0.4, -0.2) is 15.1 Å². The Bertz CT molecular complexity index is 134. The van der Waals surface area contributed by atoms with Gasteiger partial charge in [0.25, 0.3) is 0 Å². The van der Waals surface area contributed by atoms with Gasteiger partial charge in [0.05, 0.1) is 0 Å². The number of rotatable bonds is 4. The molecule has 13 heavy (non-hydrogen) atoms. The first-order valence-corrected chi connectivity index (χ1v) is 7.61. The van der Waals surface area contributed by atoms with Crippen LogP contribution in [0.2, 0.25) is 12.1 Å². The van der Waals surface area contributed by atoms with Gasteiger partial charge in [-0.15, -0.1) is 0 Å². The lowest BCUT2D eigenvalue weighted by Crippen LogP contribution is -2.31. The first-order valence-electron chi connectivity index (χ1n) is 5.79. The van der Waals surface area contributed by atoms with Crippen LogP contribution in [0.15, 0.2) is 0 Å². The van der Waals surface area contributed by atoms with Crippen molar-refractivity contribution in [3.8, 4) is 0 Å². The fourth-order valence-electron chi connectivity index (χ4n) is 2.09. The molecule has 0 N–H and O–H groups in total. The van der Waals surface area contributed by atoms with Crippen molar-refractivity contribution in [1.82, 2.24) is 0 Å². The van der Waals surface area contributed by atoms with Crippen molar-refractivity contribution in [3.05, 3.63) is 0 Å². The second-order valence-corrected chi connectivity index (χ2v) is 6.89. The van der Waals surface area contributed by atoms with E-state index in [0.717, 1.165) is 5.92 Å². The molecule has 0 heterocycles. The summed E-state index contributed by atoms with van der Waals surface area (Å²) in [5.74, 6) is 0.812. The van der Waals surface area contributed by atoms with Gasteiger partial charge in [0.2, 0.25) is 9.04 Å². The fraction of sp³-hybridized carbons (Fsp3) is 1.00. The van der Waals surface area contributed by atoms with E-state index in [1.807, 2.05) is 0 Å². The Balaban J connectivity index is 2.32. The highest BCUT2D eigenvalue weighted by atomic mass is 28.3. The smallest absolute Gasteiger partial charge is 0.211 e. The summed E-state index contributed by atoms with van der Waals surface area (Å²) in [5.41, 5.74) is 0. The van der Waals surface area contributed by atoms with Crippen molar-refractivity contribution in [2.75, 3.05) is 0 Å². The standard InChI is InChI=1S/C11H23OSi/c1-4-13(5-2)12-11-9-7-6-8-10(11)3/h10-11H,4-9H2,1-3H3/t10-,11+/m0/s1. The van der Waals surface area contributed by atoms with Gasteiger partial charge >= 0.3 is 0 Å². The maximum Gasteiger partial charge on any atom is 0.211 e. The molecule has 0 aromatic heterocycles. The molecule has 1 saturated carbocycles. The summed E-state index contributed by atoms with van der Waals surface area (Å²) >= 11 is 0. The van der Waals surface area contributed by atoms with E-state index >= 15 is 0 Å². The summed E-state index contributed by atoms with van der Waals surface area (Å²) in [6.45, 7) is 6.89. The van der Waals surface area contributed by atoms with Crippen molar-refractivity contribution < 1.29 is 4.43 Å². The summed E-state index contributed by atoms with van der Waals surface area (Å²) in [6.07, 6.45) is 6.10. The third-order valence-corrected chi connectivity index (χ3v) is 5.35. The average Bonchev–Trinajstić information content (AvgIpc) is 2.17. The van der Waals surface area contributed by atoms with Crippen LogP contribution in [0.5, 0.6) is 0 Å². The molecule has 0 aromatic carbocycles. The number of hydrogen-bond donors (Lipinski definition) is 0. The fourth-order valence-corrected chi connectivity index (χ4v) is 3.70. The zero-order valence-corrected chi connectivity index (χ0v) is 10.3. The maximum atomic E-state index is 6.20. The predicted octanol–water partition coefficient (Wildman–Crippen LogP) is 3.61. The molecule has 1 nitrogen and oxygen atoms in total. The zero-order chi connectivity index (χ0) is 9.68. The molecular formula is C11H23OSi. The van der Waals surface area contributed by atoms with E-state index in [-0.39, 0.29) is 0 Å². The van der Waals surface area contributed by atoms with Crippen molar-refractivity contribution in [1.29, 1.82) is 0 Å². The van der Waals surface area contributed by atoms with Gasteiger partial charge in [-0.1, -0.05) is 33.6 Å². The maximum absolute atomic E-state index is 6.20.